The average molecular weight is 661 g/mol. The van der Waals surface area contributed by atoms with Gasteiger partial charge >= 0.3 is 6.03 Å². The first-order chi connectivity index (χ1) is 23.9. The highest BCUT2D eigenvalue weighted by Crippen LogP contribution is 2.26. The zero-order valence-electron chi connectivity index (χ0n) is 29.3. The van der Waals surface area contributed by atoms with Crippen LogP contribution in [0.1, 0.15) is 86.7 Å². The molecule has 0 aliphatic carbocycles. The van der Waals surface area contributed by atoms with Crippen LogP contribution in [-0.4, -0.2) is 43.9 Å². The molecule has 7 heteroatoms. The van der Waals surface area contributed by atoms with Crippen LogP contribution in [0, 0.1) is 0 Å². The number of carbonyl (C=O) groups excluding carboxylic acids is 3. The number of nitrogens with one attached hydrogen (secondary N) is 3. The molecule has 0 radical (unpaired) electrons. The Hall–Kier alpha value is -4.91. The van der Waals surface area contributed by atoms with E-state index < -0.39 is 6.04 Å². The number of ketones is 1. The Morgan fingerprint density at radius 2 is 1.31 bits per heavy atom. The molecular weight excluding hydrogens is 608 g/mol. The molecule has 49 heavy (non-hydrogen) atoms. The van der Waals surface area contributed by atoms with Crippen molar-refractivity contribution in [2.45, 2.75) is 77.7 Å². The van der Waals surface area contributed by atoms with Crippen molar-refractivity contribution in [2.75, 3.05) is 30.4 Å². The topological polar surface area (TPSA) is 90.5 Å². The molecule has 3 N–H and O–H groups in total. The number of hydrogen-bond acceptors (Lipinski definition) is 4. The van der Waals surface area contributed by atoms with Gasteiger partial charge in [-0.3, -0.25) is 14.5 Å². The number of rotatable bonds is 19. The van der Waals surface area contributed by atoms with Crippen LogP contribution in [-0.2, 0) is 11.2 Å². The lowest BCUT2D eigenvalue weighted by Gasteiger charge is -2.22. The molecule has 0 fully saturated rings. The summed E-state index contributed by atoms with van der Waals surface area (Å²) in [6.45, 7) is 5.62. The minimum atomic E-state index is -0.584. The van der Waals surface area contributed by atoms with Crippen LogP contribution in [0.2, 0.25) is 0 Å². The van der Waals surface area contributed by atoms with Gasteiger partial charge in [-0.05, 0) is 53.8 Å². The quantitative estimate of drug-likeness (QED) is 0.0692. The van der Waals surface area contributed by atoms with Crippen molar-refractivity contribution in [3.8, 4) is 11.1 Å². The zero-order valence-corrected chi connectivity index (χ0v) is 29.3. The van der Waals surface area contributed by atoms with E-state index in [1.807, 2.05) is 84.9 Å². The molecule has 4 rings (SSSR count). The standard InChI is InChI=1S/C42H52N4O3/c1-4-6-8-9-16-29-44-42(49)46(3)36-21-17-20-35(31-36)33-26-24-32(25-27-33)30-39(41(48)43-28-15-7-5-2)45-38-23-14-13-22-37(38)40(47)34-18-11-10-12-19-34/h10-14,17-27,31,39,45H,4-9,15-16,28-30H2,1-3H3,(H,43,48)(H,44,49)/t39-/m0/s1. The molecule has 4 aromatic carbocycles. The number of carbonyl (C=O) groups is 3. The Labute approximate surface area is 292 Å². The second-order valence-corrected chi connectivity index (χ2v) is 12.6. The molecule has 4 aromatic rings. The highest BCUT2D eigenvalue weighted by molar-refractivity contribution is 6.12. The van der Waals surface area contributed by atoms with Gasteiger partial charge in [-0.2, -0.15) is 0 Å². The van der Waals surface area contributed by atoms with Gasteiger partial charge in [0.15, 0.2) is 5.78 Å². The summed E-state index contributed by atoms with van der Waals surface area (Å²) in [6, 6.07) is 32.0. The Balaban J connectivity index is 1.46. The predicted octanol–water partition coefficient (Wildman–Crippen LogP) is 9.03. The molecule has 0 aromatic heterocycles. The minimum Gasteiger partial charge on any atom is -0.373 e. The molecule has 0 unspecified atom stereocenters. The Morgan fingerprint density at radius 3 is 2.06 bits per heavy atom. The smallest absolute Gasteiger partial charge is 0.321 e. The summed E-state index contributed by atoms with van der Waals surface area (Å²) < 4.78 is 0. The van der Waals surface area contributed by atoms with Crippen LogP contribution >= 0.6 is 0 Å². The monoisotopic (exact) mass is 660 g/mol. The fourth-order valence-corrected chi connectivity index (χ4v) is 5.78. The molecular formula is C42H52N4O3. The van der Waals surface area contributed by atoms with Crippen molar-refractivity contribution in [1.82, 2.24) is 10.6 Å². The first kappa shape index (κ1) is 36.9. The van der Waals surface area contributed by atoms with Gasteiger partial charge in [-0.25, -0.2) is 4.79 Å². The van der Waals surface area contributed by atoms with Crippen molar-refractivity contribution in [1.29, 1.82) is 0 Å². The van der Waals surface area contributed by atoms with Gasteiger partial charge in [-0.1, -0.05) is 131 Å². The number of amides is 3. The lowest BCUT2D eigenvalue weighted by molar-refractivity contribution is -0.121. The van der Waals surface area contributed by atoms with E-state index in [4.69, 9.17) is 0 Å². The number of nitrogens with zero attached hydrogens (tertiary/aromatic N) is 1. The molecule has 0 bridgehead atoms. The normalized spacial score (nSPS) is 11.4. The van der Waals surface area contributed by atoms with Crippen molar-refractivity contribution >= 4 is 29.1 Å². The van der Waals surface area contributed by atoms with Crippen molar-refractivity contribution in [3.05, 3.63) is 120 Å². The summed E-state index contributed by atoms with van der Waals surface area (Å²) in [5.41, 5.74) is 5.58. The van der Waals surface area contributed by atoms with Gasteiger partial charge in [-0.15, -0.1) is 0 Å². The molecule has 0 spiro atoms. The van der Waals surface area contributed by atoms with Crippen LogP contribution in [0.4, 0.5) is 16.2 Å². The van der Waals surface area contributed by atoms with Gasteiger partial charge < -0.3 is 16.0 Å². The number of unbranched alkanes of at least 4 members (excludes halogenated alkanes) is 6. The molecule has 7 nitrogen and oxygen atoms in total. The third-order valence-corrected chi connectivity index (χ3v) is 8.76. The summed E-state index contributed by atoms with van der Waals surface area (Å²) >= 11 is 0. The van der Waals surface area contributed by atoms with Crippen LogP contribution in [0.15, 0.2) is 103 Å². The highest BCUT2D eigenvalue weighted by atomic mass is 16.2. The number of urea groups is 1. The summed E-state index contributed by atoms with van der Waals surface area (Å²) in [7, 11) is 1.79. The molecule has 0 heterocycles. The summed E-state index contributed by atoms with van der Waals surface area (Å²) in [5.74, 6) is -0.194. The fraction of sp³-hybridized carbons (Fsp3) is 0.357. The Kier molecular flexibility index (Phi) is 14.9. The zero-order chi connectivity index (χ0) is 34.8. The van der Waals surface area contributed by atoms with Gasteiger partial charge in [0.1, 0.15) is 6.04 Å². The van der Waals surface area contributed by atoms with Crippen LogP contribution < -0.4 is 20.9 Å². The number of benzene rings is 4. The third-order valence-electron chi connectivity index (χ3n) is 8.76. The highest BCUT2D eigenvalue weighted by Gasteiger charge is 2.22. The molecule has 0 aliphatic heterocycles. The Morgan fingerprint density at radius 1 is 0.653 bits per heavy atom. The first-order valence-electron chi connectivity index (χ1n) is 17.8. The van der Waals surface area contributed by atoms with E-state index in [1.54, 1.807) is 30.1 Å². The SMILES string of the molecule is CCCCCCCNC(=O)N(C)c1cccc(-c2ccc(C[C@H](Nc3ccccc3C(=O)c3ccccc3)C(=O)NCCCCC)cc2)c1. The Bertz CT molecular complexity index is 1620. The summed E-state index contributed by atoms with van der Waals surface area (Å²) in [5, 5.41) is 9.55. The second-order valence-electron chi connectivity index (χ2n) is 12.6. The summed E-state index contributed by atoms with van der Waals surface area (Å²) in [4.78, 5) is 41.4. The van der Waals surface area contributed by atoms with E-state index in [1.165, 1.54) is 19.3 Å². The van der Waals surface area contributed by atoms with E-state index in [2.05, 4.69) is 29.8 Å². The molecule has 0 saturated carbocycles. The van der Waals surface area contributed by atoms with Crippen LogP contribution in [0.5, 0.6) is 0 Å². The van der Waals surface area contributed by atoms with E-state index in [-0.39, 0.29) is 17.7 Å². The maximum Gasteiger partial charge on any atom is 0.321 e. The van der Waals surface area contributed by atoms with Gasteiger partial charge in [0.25, 0.3) is 0 Å². The van der Waals surface area contributed by atoms with Crippen LogP contribution in [0.25, 0.3) is 11.1 Å². The van der Waals surface area contributed by atoms with Gasteiger partial charge in [0, 0.05) is 49.1 Å². The van der Waals surface area contributed by atoms with E-state index in [0.29, 0.717) is 36.3 Å². The largest absolute Gasteiger partial charge is 0.373 e. The number of hydrogen-bond donors (Lipinski definition) is 3. The van der Waals surface area contributed by atoms with E-state index in [9.17, 15) is 14.4 Å². The van der Waals surface area contributed by atoms with Crippen molar-refractivity contribution < 1.29 is 14.4 Å². The molecule has 0 saturated heterocycles. The van der Waals surface area contributed by atoms with Gasteiger partial charge in [0.05, 0.1) is 0 Å². The average Bonchev–Trinajstić information content (AvgIpc) is 3.14. The predicted molar refractivity (Wildman–Crippen MR) is 202 cm³/mol. The maximum atomic E-state index is 13.5. The lowest BCUT2D eigenvalue weighted by Crippen LogP contribution is -2.41. The molecule has 0 aliphatic rings. The van der Waals surface area contributed by atoms with E-state index in [0.717, 1.165) is 54.5 Å². The van der Waals surface area contributed by atoms with Crippen molar-refractivity contribution in [3.63, 3.8) is 0 Å². The maximum absolute atomic E-state index is 13.5. The third kappa shape index (κ3) is 11.3. The number of para-hydroxylation sites is 1. The second kappa shape index (κ2) is 19.8. The number of anilines is 2. The lowest BCUT2D eigenvalue weighted by atomic mass is 9.98. The van der Waals surface area contributed by atoms with Gasteiger partial charge in [0.2, 0.25) is 5.91 Å². The van der Waals surface area contributed by atoms with E-state index >= 15 is 0 Å². The fourth-order valence-electron chi connectivity index (χ4n) is 5.78. The summed E-state index contributed by atoms with van der Waals surface area (Å²) in [6.07, 6.45) is 9.24. The van der Waals surface area contributed by atoms with Crippen molar-refractivity contribution in [2.24, 2.45) is 0 Å². The molecule has 1 atom stereocenters. The first-order valence-corrected chi connectivity index (χ1v) is 17.8. The molecule has 3 amide bonds. The van der Waals surface area contributed by atoms with Crippen LogP contribution in [0.3, 0.4) is 0 Å². The molecule has 258 valence electrons. The minimum absolute atomic E-state index is 0.0945.